The summed E-state index contributed by atoms with van der Waals surface area (Å²) in [7, 11) is 0. The molecule has 0 aliphatic heterocycles. The molecule has 0 fully saturated rings. The summed E-state index contributed by atoms with van der Waals surface area (Å²) in [6.07, 6.45) is 1.28. The molecule has 1 unspecified atom stereocenters. The van der Waals surface area contributed by atoms with Crippen LogP contribution in [0.1, 0.15) is 18.9 Å². The van der Waals surface area contributed by atoms with Crippen molar-refractivity contribution >= 4 is 11.0 Å². The Bertz CT molecular complexity index is 766. The first kappa shape index (κ1) is 13.7. The largest absolute Gasteiger partial charge is 0.327 e. The van der Waals surface area contributed by atoms with E-state index in [1.807, 2.05) is 37.3 Å². The van der Waals surface area contributed by atoms with Crippen molar-refractivity contribution in [2.24, 2.45) is 5.73 Å². The van der Waals surface area contributed by atoms with E-state index < -0.39 is 0 Å². The number of aromatic nitrogens is 3. The molecular formula is C16H17FN4. The third-order valence-electron chi connectivity index (χ3n) is 3.66. The van der Waals surface area contributed by atoms with Crippen molar-refractivity contribution < 1.29 is 4.39 Å². The van der Waals surface area contributed by atoms with E-state index in [1.54, 1.807) is 10.7 Å². The normalized spacial score (nSPS) is 12.7. The third kappa shape index (κ3) is 2.52. The Labute approximate surface area is 122 Å². The van der Waals surface area contributed by atoms with Gasteiger partial charge in [0, 0.05) is 11.6 Å². The van der Waals surface area contributed by atoms with E-state index >= 15 is 0 Å². The molecule has 3 aromatic rings. The molecule has 0 aliphatic rings. The topological polar surface area (TPSA) is 56.7 Å². The zero-order valence-corrected chi connectivity index (χ0v) is 11.8. The lowest BCUT2D eigenvalue weighted by atomic mass is 10.0. The molecule has 1 aromatic heterocycles. The van der Waals surface area contributed by atoms with Gasteiger partial charge in [-0.3, -0.25) is 0 Å². The summed E-state index contributed by atoms with van der Waals surface area (Å²) in [4.78, 5) is 0. The number of hydrogen-bond donors (Lipinski definition) is 1. The summed E-state index contributed by atoms with van der Waals surface area (Å²) in [6.45, 7) is 2.00. The molecule has 1 heterocycles. The van der Waals surface area contributed by atoms with Crippen LogP contribution in [-0.2, 0) is 6.42 Å². The number of nitrogens with two attached hydrogens (primary N) is 1. The van der Waals surface area contributed by atoms with Crippen molar-refractivity contribution in [1.29, 1.82) is 0 Å². The maximum Gasteiger partial charge on any atom is 0.128 e. The van der Waals surface area contributed by atoms with Crippen molar-refractivity contribution in [1.82, 2.24) is 15.0 Å². The average molecular weight is 284 g/mol. The highest BCUT2D eigenvalue weighted by molar-refractivity contribution is 5.76. The van der Waals surface area contributed by atoms with Crippen molar-refractivity contribution in [2.75, 3.05) is 0 Å². The van der Waals surface area contributed by atoms with Crippen LogP contribution in [0.3, 0.4) is 0 Å². The summed E-state index contributed by atoms with van der Waals surface area (Å²) in [5.74, 6) is -0.254. The Hall–Kier alpha value is -2.27. The molecule has 0 bridgehead atoms. The molecule has 0 radical (unpaired) electrons. The fourth-order valence-electron chi connectivity index (χ4n) is 2.40. The van der Waals surface area contributed by atoms with Gasteiger partial charge < -0.3 is 5.73 Å². The van der Waals surface area contributed by atoms with Gasteiger partial charge in [0.25, 0.3) is 0 Å². The van der Waals surface area contributed by atoms with Crippen molar-refractivity contribution in [3.05, 3.63) is 53.8 Å². The van der Waals surface area contributed by atoms with Gasteiger partial charge >= 0.3 is 0 Å². The summed E-state index contributed by atoms with van der Waals surface area (Å²) in [5, 5.41) is 8.28. The van der Waals surface area contributed by atoms with Crippen LogP contribution in [-0.4, -0.2) is 21.0 Å². The number of benzene rings is 2. The Morgan fingerprint density at radius 1 is 1.19 bits per heavy atom. The fraction of sp³-hybridized carbons (Fsp3) is 0.250. The first-order chi connectivity index (χ1) is 10.2. The number of para-hydroxylation sites is 1. The van der Waals surface area contributed by atoms with Crippen LogP contribution in [0.4, 0.5) is 4.39 Å². The van der Waals surface area contributed by atoms with Gasteiger partial charge in [-0.1, -0.05) is 30.3 Å². The molecule has 1 atom stereocenters. The lowest BCUT2D eigenvalue weighted by molar-refractivity contribution is 0.574. The summed E-state index contributed by atoms with van der Waals surface area (Å²) in [5.41, 5.74) is 8.92. The predicted molar refractivity (Wildman–Crippen MR) is 80.8 cm³/mol. The highest BCUT2D eigenvalue weighted by Gasteiger charge is 2.15. The first-order valence-electron chi connectivity index (χ1n) is 7.04. The SMILES string of the molecule is CCC(N)Cc1c(F)cccc1-n1nnc2ccccc21. The number of fused-ring (bicyclic) bond motifs is 1. The second kappa shape index (κ2) is 5.61. The minimum Gasteiger partial charge on any atom is -0.327 e. The smallest absolute Gasteiger partial charge is 0.128 e. The van der Waals surface area contributed by atoms with Crippen molar-refractivity contribution in [3.63, 3.8) is 0 Å². The molecule has 0 saturated carbocycles. The first-order valence-corrected chi connectivity index (χ1v) is 7.04. The minimum absolute atomic E-state index is 0.0737. The summed E-state index contributed by atoms with van der Waals surface area (Å²) in [6, 6.07) is 12.5. The second-order valence-electron chi connectivity index (χ2n) is 5.10. The Kier molecular flexibility index (Phi) is 3.66. The van der Waals surface area contributed by atoms with Gasteiger partial charge in [0.05, 0.1) is 11.2 Å². The van der Waals surface area contributed by atoms with Crippen LogP contribution in [0, 0.1) is 5.82 Å². The van der Waals surface area contributed by atoms with E-state index in [2.05, 4.69) is 10.3 Å². The number of hydrogen-bond acceptors (Lipinski definition) is 3. The van der Waals surface area contributed by atoms with Gasteiger partial charge in [-0.15, -0.1) is 5.10 Å². The number of halogens is 1. The van der Waals surface area contributed by atoms with Gasteiger partial charge in [-0.2, -0.15) is 0 Å². The zero-order valence-electron chi connectivity index (χ0n) is 11.8. The molecular weight excluding hydrogens is 267 g/mol. The number of rotatable bonds is 4. The van der Waals surface area contributed by atoms with Crippen LogP contribution in [0.2, 0.25) is 0 Å². The highest BCUT2D eigenvalue weighted by atomic mass is 19.1. The van der Waals surface area contributed by atoms with E-state index in [1.165, 1.54) is 6.07 Å². The van der Waals surface area contributed by atoms with Crippen molar-refractivity contribution in [3.8, 4) is 5.69 Å². The Balaban J connectivity index is 2.16. The van der Waals surface area contributed by atoms with E-state index in [4.69, 9.17) is 5.73 Å². The molecule has 5 heteroatoms. The van der Waals surface area contributed by atoms with E-state index in [0.29, 0.717) is 17.7 Å². The molecule has 0 saturated heterocycles. The molecule has 2 N–H and O–H groups in total. The highest BCUT2D eigenvalue weighted by Crippen LogP contribution is 2.23. The van der Waals surface area contributed by atoms with Crippen LogP contribution in [0.25, 0.3) is 16.7 Å². The molecule has 0 aliphatic carbocycles. The molecule has 4 nitrogen and oxygen atoms in total. The van der Waals surface area contributed by atoms with Crippen LogP contribution >= 0.6 is 0 Å². The lowest BCUT2D eigenvalue weighted by Gasteiger charge is -2.14. The Morgan fingerprint density at radius 2 is 2.00 bits per heavy atom. The van der Waals surface area contributed by atoms with Crippen molar-refractivity contribution in [2.45, 2.75) is 25.8 Å². The quantitative estimate of drug-likeness (QED) is 0.801. The molecule has 3 rings (SSSR count). The summed E-state index contributed by atoms with van der Waals surface area (Å²) >= 11 is 0. The summed E-state index contributed by atoms with van der Waals surface area (Å²) < 4.78 is 15.9. The van der Waals surface area contributed by atoms with Crippen LogP contribution in [0.5, 0.6) is 0 Å². The van der Waals surface area contributed by atoms with E-state index in [9.17, 15) is 4.39 Å². The van der Waals surface area contributed by atoms with Crippen LogP contribution in [0.15, 0.2) is 42.5 Å². The molecule has 108 valence electrons. The molecule has 0 spiro atoms. The van der Waals surface area contributed by atoms with E-state index in [-0.39, 0.29) is 11.9 Å². The zero-order chi connectivity index (χ0) is 14.8. The maximum absolute atomic E-state index is 14.2. The maximum atomic E-state index is 14.2. The predicted octanol–water partition coefficient (Wildman–Crippen LogP) is 2.84. The average Bonchev–Trinajstić information content (AvgIpc) is 2.93. The standard InChI is InChI=1S/C16H17FN4/c1-2-11(18)10-12-13(17)6-5-9-15(12)21-16-8-4-3-7-14(16)19-20-21/h3-9,11H,2,10,18H2,1H3. The second-order valence-corrected chi connectivity index (χ2v) is 5.10. The molecule has 21 heavy (non-hydrogen) atoms. The van der Waals surface area contributed by atoms with Gasteiger partial charge in [-0.25, -0.2) is 9.07 Å². The monoisotopic (exact) mass is 284 g/mol. The third-order valence-corrected chi connectivity index (χ3v) is 3.66. The minimum atomic E-state index is -0.254. The van der Waals surface area contributed by atoms with Gasteiger partial charge in [-0.05, 0) is 37.1 Å². The lowest BCUT2D eigenvalue weighted by Crippen LogP contribution is -2.23. The molecule has 0 amide bonds. The van der Waals surface area contributed by atoms with Gasteiger partial charge in [0.1, 0.15) is 11.3 Å². The van der Waals surface area contributed by atoms with Gasteiger partial charge in [0.2, 0.25) is 0 Å². The molecule has 2 aromatic carbocycles. The van der Waals surface area contributed by atoms with Gasteiger partial charge in [0.15, 0.2) is 0 Å². The fourth-order valence-corrected chi connectivity index (χ4v) is 2.40. The Morgan fingerprint density at radius 3 is 2.81 bits per heavy atom. The van der Waals surface area contributed by atoms with Crippen LogP contribution < -0.4 is 5.73 Å². The van der Waals surface area contributed by atoms with E-state index in [0.717, 1.165) is 17.5 Å². The number of nitrogens with zero attached hydrogens (tertiary/aromatic N) is 3.